The zero-order chi connectivity index (χ0) is 19.3. The lowest BCUT2D eigenvalue weighted by Crippen LogP contribution is -2.45. The van der Waals surface area contributed by atoms with Crippen molar-refractivity contribution in [3.8, 4) is 11.5 Å². The molecule has 0 saturated carbocycles. The Morgan fingerprint density at radius 3 is 2.71 bits per heavy atom. The Morgan fingerprint density at radius 1 is 1.21 bits per heavy atom. The second-order valence-electron chi connectivity index (χ2n) is 6.74. The average molecular weight is 398 g/mol. The number of anilines is 1. The van der Waals surface area contributed by atoms with Gasteiger partial charge in [0.2, 0.25) is 11.8 Å². The van der Waals surface area contributed by atoms with Crippen molar-refractivity contribution in [3.63, 3.8) is 0 Å². The monoisotopic (exact) mass is 397 g/mol. The predicted molar refractivity (Wildman–Crippen MR) is 106 cm³/mol. The number of piperidine rings is 1. The van der Waals surface area contributed by atoms with Crippen LogP contribution in [0.5, 0.6) is 0 Å². The van der Waals surface area contributed by atoms with Crippen molar-refractivity contribution >= 4 is 23.3 Å². The Hall–Kier alpha value is -2.93. The summed E-state index contributed by atoms with van der Waals surface area (Å²) in [5, 5.41) is 11.8. The maximum atomic E-state index is 12.4. The van der Waals surface area contributed by atoms with Crippen molar-refractivity contribution in [2.24, 2.45) is 0 Å². The lowest BCUT2D eigenvalue weighted by atomic mass is 10.0. The van der Waals surface area contributed by atoms with Gasteiger partial charge in [0.1, 0.15) is 6.26 Å². The molecule has 1 N–H and O–H groups in total. The number of carbonyl (C=O) groups excluding carboxylic acids is 1. The molecule has 0 spiro atoms. The SMILES string of the molecule is O=C(Cc1coc(-c2ccc(Cl)cc2)n1)NC1CCN(c2cccnn2)CC1. The van der Waals surface area contributed by atoms with Gasteiger partial charge in [0.15, 0.2) is 5.82 Å². The fourth-order valence-electron chi connectivity index (χ4n) is 3.27. The maximum absolute atomic E-state index is 12.4. The molecule has 1 aliphatic heterocycles. The molecule has 1 saturated heterocycles. The van der Waals surface area contributed by atoms with Gasteiger partial charge in [-0.3, -0.25) is 4.79 Å². The minimum Gasteiger partial charge on any atom is -0.444 e. The third-order valence-electron chi connectivity index (χ3n) is 4.73. The third-order valence-corrected chi connectivity index (χ3v) is 4.98. The van der Waals surface area contributed by atoms with Gasteiger partial charge < -0.3 is 14.6 Å². The number of benzene rings is 1. The number of amides is 1. The number of nitrogens with one attached hydrogen (secondary N) is 1. The minimum absolute atomic E-state index is 0.0473. The van der Waals surface area contributed by atoms with Crippen LogP contribution in [0.1, 0.15) is 18.5 Å². The second-order valence-corrected chi connectivity index (χ2v) is 7.17. The highest BCUT2D eigenvalue weighted by Crippen LogP contribution is 2.21. The van der Waals surface area contributed by atoms with Gasteiger partial charge in [0, 0.05) is 35.9 Å². The molecule has 0 bridgehead atoms. The van der Waals surface area contributed by atoms with Crippen LogP contribution in [0.25, 0.3) is 11.5 Å². The first-order valence-corrected chi connectivity index (χ1v) is 9.57. The van der Waals surface area contributed by atoms with E-state index in [9.17, 15) is 4.79 Å². The van der Waals surface area contributed by atoms with Crippen LogP contribution in [0.3, 0.4) is 0 Å². The van der Waals surface area contributed by atoms with E-state index in [0.29, 0.717) is 16.6 Å². The molecule has 3 aromatic rings. The summed E-state index contributed by atoms with van der Waals surface area (Å²) in [6.07, 6.45) is 5.13. The lowest BCUT2D eigenvalue weighted by molar-refractivity contribution is -0.121. The topological polar surface area (TPSA) is 84.2 Å². The van der Waals surface area contributed by atoms with Crippen LogP contribution in [-0.2, 0) is 11.2 Å². The number of halogens is 1. The van der Waals surface area contributed by atoms with Crippen LogP contribution in [0.2, 0.25) is 5.02 Å². The van der Waals surface area contributed by atoms with Crippen molar-refractivity contribution in [2.75, 3.05) is 18.0 Å². The Kier molecular flexibility index (Phi) is 5.53. The molecule has 2 aromatic heterocycles. The van der Waals surface area contributed by atoms with E-state index in [1.54, 1.807) is 18.3 Å². The standard InChI is InChI=1S/C20H20ClN5O2/c21-15-5-3-14(4-6-15)20-24-17(13-28-20)12-19(27)23-16-7-10-26(11-8-16)18-2-1-9-22-25-18/h1-6,9,13,16H,7-8,10-12H2,(H,23,27). The van der Waals surface area contributed by atoms with E-state index in [1.165, 1.54) is 6.26 Å². The smallest absolute Gasteiger partial charge is 0.226 e. The molecule has 0 atom stereocenters. The van der Waals surface area contributed by atoms with Crippen molar-refractivity contribution in [3.05, 3.63) is 59.6 Å². The summed E-state index contributed by atoms with van der Waals surface area (Å²) in [4.78, 5) is 19.0. The van der Waals surface area contributed by atoms with Crippen molar-refractivity contribution < 1.29 is 9.21 Å². The number of hydrogen-bond donors (Lipinski definition) is 1. The summed E-state index contributed by atoms with van der Waals surface area (Å²) in [5.74, 6) is 1.32. The van der Waals surface area contributed by atoms with Gasteiger partial charge in [-0.1, -0.05) is 11.6 Å². The van der Waals surface area contributed by atoms with Crippen LogP contribution in [0, 0.1) is 0 Å². The molecule has 1 fully saturated rings. The molecule has 7 nitrogen and oxygen atoms in total. The molecule has 3 heterocycles. The van der Waals surface area contributed by atoms with Crippen molar-refractivity contribution in [1.29, 1.82) is 0 Å². The zero-order valence-electron chi connectivity index (χ0n) is 15.2. The van der Waals surface area contributed by atoms with E-state index in [4.69, 9.17) is 16.0 Å². The molecule has 0 aliphatic carbocycles. The average Bonchev–Trinajstić information content (AvgIpc) is 3.18. The van der Waals surface area contributed by atoms with E-state index < -0.39 is 0 Å². The number of hydrogen-bond acceptors (Lipinski definition) is 6. The zero-order valence-corrected chi connectivity index (χ0v) is 16.0. The van der Waals surface area contributed by atoms with Gasteiger partial charge in [-0.05, 0) is 49.2 Å². The van der Waals surface area contributed by atoms with E-state index in [1.807, 2.05) is 24.3 Å². The largest absolute Gasteiger partial charge is 0.444 e. The highest BCUT2D eigenvalue weighted by Gasteiger charge is 2.22. The Morgan fingerprint density at radius 2 is 2.00 bits per heavy atom. The van der Waals surface area contributed by atoms with Gasteiger partial charge in [-0.25, -0.2) is 4.98 Å². The van der Waals surface area contributed by atoms with E-state index >= 15 is 0 Å². The van der Waals surface area contributed by atoms with E-state index in [-0.39, 0.29) is 18.4 Å². The highest BCUT2D eigenvalue weighted by atomic mass is 35.5. The molecular weight excluding hydrogens is 378 g/mol. The summed E-state index contributed by atoms with van der Waals surface area (Å²) in [7, 11) is 0. The molecule has 1 amide bonds. The van der Waals surface area contributed by atoms with Crippen LogP contribution < -0.4 is 10.2 Å². The first-order chi connectivity index (χ1) is 13.7. The lowest BCUT2D eigenvalue weighted by Gasteiger charge is -2.32. The first kappa shape index (κ1) is 18.4. The Balaban J connectivity index is 1.28. The summed E-state index contributed by atoms with van der Waals surface area (Å²) in [6, 6.07) is 11.2. The minimum atomic E-state index is -0.0473. The van der Waals surface area contributed by atoms with Crippen LogP contribution >= 0.6 is 11.6 Å². The number of rotatable bonds is 5. The normalized spacial score (nSPS) is 14.8. The molecule has 1 aromatic carbocycles. The van der Waals surface area contributed by atoms with Crippen LogP contribution in [-0.4, -0.2) is 40.2 Å². The summed E-state index contributed by atoms with van der Waals surface area (Å²) in [5.41, 5.74) is 1.44. The molecule has 0 radical (unpaired) electrons. The fourth-order valence-corrected chi connectivity index (χ4v) is 3.40. The molecule has 1 aliphatic rings. The molecular formula is C20H20ClN5O2. The second kappa shape index (κ2) is 8.39. The fraction of sp³-hybridized carbons (Fsp3) is 0.300. The summed E-state index contributed by atoms with van der Waals surface area (Å²) in [6.45, 7) is 1.68. The molecule has 4 rings (SSSR count). The van der Waals surface area contributed by atoms with E-state index in [0.717, 1.165) is 37.3 Å². The molecule has 144 valence electrons. The quantitative estimate of drug-likeness (QED) is 0.712. The molecule has 8 heteroatoms. The number of carbonyl (C=O) groups is 1. The summed E-state index contributed by atoms with van der Waals surface area (Å²) < 4.78 is 5.49. The summed E-state index contributed by atoms with van der Waals surface area (Å²) >= 11 is 5.90. The highest BCUT2D eigenvalue weighted by molar-refractivity contribution is 6.30. The van der Waals surface area contributed by atoms with Gasteiger partial charge in [0.05, 0.1) is 12.1 Å². The number of oxazole rings is 1. The van der Waals surface area contributed by atoms with Crippen LogP contribution in [0.4, 0.5) is 5.82 Å². The predicted octanol–water partition coefficient (Wildman–Crippen LogP) is 3.11. The van der Waals surface area contributed by atoms with Crippen LogP contribution in [0.15, 0.2) is 53.3 Å². The van der Waals surface area contributed by atoms with Gasteiger partial charge >= 0.3 is 0 Å². The first-order valence-electron chi connectivity index (χ1n) is 9.20. The van der Waals surface area contributed by atoms with Crippen molar-refractivity contribution in [2.45, 2.75) is 25.3 Å². The Labute approximate surface area is 167 Å². The van der Waals surface area contributed by atoms with Gasteiger partial charge in [-0.15, -0.1) is 5.10 Å². The third kappa shape index (κ3) is 4.48. The maximum Gasteiger partial charge on any atom is 0.226 e. The molecule has 28 heavy (non-hydrogen) atoms. The Bertz CT molecular complexity index is 921. The van der Waals surface area contributed by atoms with Gasteiger partial charge in [-0.2, -0.15) is 5.10 Å². The number of nitrogens with zero attached hydrogens (tertiary/aromatic N) is 4. The molecule has 0 unspecified atom stereocenters. The number of aromatic nitrogens is 3. The van der Waals surface area contributed by atoms with E-state index in [2.05, 4.69) is 25.4 Å². The van der Waals surface area contributed by atoms with Crippen molar-refractivity contribution in [1.82, 2.24) is 20.5 Å². The van der Waals surface area contributed by atoms with Gasteiger partial charge in [0.25, 0.3) is 0 Å².